The van der Waals surface area contributed by atoms with Crippen molar-refractivity contribution in [3.63, 3.8) is 0 Å². The van der Waals surface area contributed by atoms with Crippen LogP contribution < -0.4 is 5.32 Å². The van der Waals surface area contributed by atoms with E-state index in [0.717, 1.165) is 38.5 Å². The first-order valence-electron chi connectivity index (χ1n) is 6.41. The van der Waals surface area contributed by atoms with Crippen LogP contribution in [0.5, 0.6) is 0 Å². The Balaban J connectivity index is 1.90. The summed E-state index contributed by atoms with van der Waals surface area (Å²) >= 11 is 0. The maximum atomic E-state index is 5.66. The average Bonchev–Trinajstić information content (AvgIpc) is 2.80. The van der Waals surface area contributed by atoms with Crippen molar-refractivity contribution < 1.29 is 9.15 Å². The number of nitrogens with zero attached hydrogens (tertiary/aromatic N) is 1. The standard InChI is InChI=1S/C13H20N2O2/c1-15-6-5-14-11-4-8-16-9-10(11)13(15)12-3-2-7-17-12/h2-3,7,10-11,13-14H,4-6,8-9H2,1H3/t10-,11?,13-/m1/s1. The molecular weight excluding hydrogens is 216 g/mol. The first kappa shape index (κ1) is 11.3. The van der Waals surface area contributed by atoms with Crippen LogP contribution in [-0.2, 0) is 4.74 Å². The Hall–Kier alpha value is -0.840. The van der Waals surface area contributed by atoms with Gasteiger partial charge in [-0.2, -0.15) is 0 Å². The molecule has 1 aromatic heterocycles. The van der Waals surface area contributed by atoms with Crippen molar-refractivity contribution in [1.29, 1.82) is 0 Å². The molecule has 0 aromatic carbocycles. The van der Waals surface area contributed by atoms with Crippen molar-refractivity contribution in [3.8, 4) is 0 Å². The number of nitrogens with one attached hydrogen (secondary N) is 1. The van der Waals surface area contributed by atoms with Crippen LogP contribution in [0.4, 0.5) is 0 Å². The molecule has 0 amide bonds. The van der Waals surface area contributed by atoms with Crippen LogP contribution in [0.2, 0.25) is 0 Å². The molecule has 4 nitrogen and oxygen atoms in total. The van der Waals surface area contributed by atoms with Crippen LogP contribution in [0.3, 0.4) is 0 Å². The molecule has 1 N–H and O–H groups in total. The minimum absolute atomic E-state index is 0.338. The van der Waals surface area contributed by atoms with Gasteiger partial charge in [0.1, 0.15) is 5.76 Å². The van der Waals surface area contributed by atoms with Crippen molar-refractivity contribution in [3.05, 3.63) is 24.2 Å². The minimum atomic E-state index is 0.338. The Morgan fingerprint density at radius 3 is 3.24 bits per heavy atom. The molecule has 3 rings (SSSR count). The quantitative estimate of drug-likeness (QED) is 0.796. The smallest absolute Gasteiger partial charge is 0.121 e. The van der Waals surface area contributed by atoms with Gasteiger partial charge >= 0.3 is 0 Å². The number of furan rings is 1. The molecule has 4 heteroatoms. The lowest BCUT2D eigenvalue weighted by Crippen LogP contribution is -2.44. The average molecular weight is 236 g/mol. The second-order valence-corrected chi connectivity index (χ2v) is 5.03. The molecule has 1 unspecified atom stereocenters. The van der Waals surface area contributed by atoms with Gasteiger partial charge in [0.2, 0.25) is 0 Å². The summed E-state index contributed by atoms with van der Waals surface area (Å²) in [5.74, 6) is 1.55. The fourth-order valence-corrected chi connectivity index (χ4v) is 3.10. The van der Waals surface area contributed by atoms with Gasteiger partial charge in [-0.1, -0.05) is 0 Å². The number of fused-ring (bicyclic) bond motifs is 1. The largest absolute Gasteiger partial charge is 0.468 e. The van der Waals surface area contributed by atoms with Crippen LogP contribution in [0, 0.1) is 5.92 Å². The molecule has 1 aromatic rings. The van der Waals surface area contributed by atoms with Crippen LogP contribution >= 0.6 is 0 Å². The molecule has 94 valence electrons. The van der Waals surface area contributed by atoms with Crippen molar-refractivity contribution >= 4 is 0 Å². The summed E-state index contributed by atoms with van der Waals surface area (Å²) in [5.41, 5.74) is 0. The normalized spacial score (nSPS) is 35.2. The highest BCUT2D eigenvalue weighted by molar-refractivity contribution is 5.09. The van der Waals surface area contributed by atoms with E-state index in [1.54, 1.807) is 6.26 Å². The lowest BCUT2D eigenvalue weighted by molar-refractivity contribution is 0.000131. The fraction of sp³-hybridized carbons (Fsp3) is 0.692. The van der Waals surface area contributed by atoms with Gasteiger partial charge in [-0.05, 0) is 25.6 Å². The number of hydrogen-bond acceptors (Lipinski definition) is 4. The molecule has 17 heavy (non-hydrogen) atoms. The summed E-state index contributed by atoms with van der Waals surface area (Å²) < 4.78 is 11.3. The molecule has 2 aliphatic rings. The second-order valence-electron chi connectivity index (χ2n) is 5.03. The third kappa shape index (κ3) is 2.12. The summed E-state index contributed by atoms with van der Waals surface area (Å²) in [6.45, 7) is 3.81. The molecule has 3 atom stereocenters. The molecule has 0 aliphatic carbocycles. The Bertz CT molecular complexity index is 352. The Labute approximate surface area is 102 Å². The van der Waals surface area contributed by atoms with Crippen LogP contribution in [0.25, 0.3) is 0 Å². The Morgan fingerprint density at radius 1 is 1.47 bits per heavy atom. The van der Waals surface area contributed by atoms with Crippen molar-refractivity contribution in [2.75, 3.05) is 33.4 Å². The van der Waals surface area contributed by atoms with Crippen LogP contribution in [-0.4, -0.2) is 44.3 Å². The summed E-state index contributed by atoms with van der Waals surface area (Å²) in [5, 5.41) is 3.64. The third-order valence-corrected chi connectivity index (χ3v) is 3.99. The molecule has 0 spiro atoms. The first-order chi connectivity index (χ1) is 8.36. The van der Waals surface area contributed by atoms with E-state index in [4.69, 9.17) is 9.15 Å². The second kappa shape index (κ2) is 4.80. The fourth-order valence-electron chi connectivity index (χ4n) is 3.10. The number of likely N-dealkylation sites (N-methyl/N-ethyl adjacent to an activating group) is 1. The summed E-state index contributed by atoms with van der Waals surface area (Å²) in [6.07, 6.45) is 2.87. The first-order valence-corrected chi connectivity index (χ1v) is 6.41. The zero-order valence-corrected chi connectivity index (χ0v) is 10.3. The molecule has 2 saturated heterocycles. The molecule has 2 aliphatic heterocycles. The molecule has 0 bridgehead atoms. The van der Waals surface area contributed by atoms with Crippen molar-refractivity contribution in [1.82, 2.24) is 10.2 Å². The SMILES string of the molecule is CN1CCNC2CCOC[C@H]2[C@@H]1c1ccco1. The van der Waals surface area contributed by atoms with E-state index in [0.29, 0.717) is 18.0 Å². The summed E-state index contributed by atoms with van der Waals surface area (Å²) in [6, 6.07) is 4.95. The molecule has 0 saturated carbocycles. The van der Waals surface area contributed by atoms with E-state index < -0.39 is 0 Å². The Kier molecular flexibility index (Phi) is 3.18. The zero-order valence-electron chi connectivity index (χ0n) is 10.3. The van der Waals surface area contributed by atoms with Crippen LogP contribution in [0.15, 0.2) is 22.8 Å². The summed E-state index contributed by atoms with van der Waals surface area (Å²) in [7, 11) is 2.17. The predicted molar refractivity (Wildman–Crippen MR) is 64.8 cm³/mol. The van der Waals surface area contributed by atoms with E-state index in [1.807, 2.05) is 6.07 Å². The van der Waals surface area contributed by atoms with Crippen molar-refractivity contribution in [2.45, 2.75) is 18.5 Å². The molecule has 3 heterocycles. The highest BCUT2D eigenvalue weighted by Crippen LogP contribution is 2.34. The van der Waals surface area contributed by atoms with Gasteiger partial charge in [0.25, 0.3) is 0 Å². The number of rotatable bonds is 1. The lowest BCUT2D eigenvalue weighted by atomic mass is 9.87. The highest BCUT2D eigenvalue weighted by Gasteiger charge is 2.38. The van der Waals surface area contributed by atoms with Gasteiger partial charge in [-0.3, -0.25) is 4.90 Å². The van der Waals surface area contributed by atoms with E-state index in [-0.39, 0.29) is 0 Å². The van der Waals surface area contributed by atoms with Crippen molar-refractivity contribution in [2.24, 2.45) is 5.92 Å². The van der Waals surface area contributed by atoms with E-state index in [2.05, 4.69) is 23.3 Å². The monoisotopic (exact) mass is 236 g/mol. The number of hydrogen-bond donors (Lipinski definition) is 1. The number of ether oxygens (including phenoxy) is 1. The van der Waals surface area contributed by atoms with E-state index in [9.17, 15) is 0 Å². The third-order valence-electron chi connectivity index (χ3n) is 3.99. The van der Waals surface area contributed by atoms with Gasteiger partial charge in [0, 0.05) is 31.7 Å². The maximum absolute atomic E-state index is 5.66. The maximum Gasteiger partial charge on any atom is 0.121 e. The van der Waals surface area contributed by atoms with Gasteiger partial charge in [0.05, 0.1) is 18.9 Å². The topological polar surface area (TPSA) is 37.6 Å². The van der Waals surface area contributed by atoms with Gasteiger partial charge in [-0.25, -0.2) is 0 Å². The van der Waals surface area contributed by atoms with E-state index in [1.165, 1.54) is 0 Å². The van der Waals surface area contributed by atoms with E-state index >= 15 is 0 Å². The molecule has 0 radical (unpaired) electrons. The van der Waals surface area contributed by atoms with Gasteiger partial charge in [0.15, 0.2) is 0 Å². The van der Waals surface area contributed by atoms with Gasteiger partial charge < -0.3 is 14.5 Å². The summed E-state index contributed by atoms with van der Waals surface area (Å²) in [4.78, 5) is 2.38. The predicted octanol–water partition coefficient (Wildman–Crippen LogP) is 1.26. The van der Waals surface area contributed by atoms with Gasteiger partial charge in [-0.15, -0.1) is 0 Å². The Morgan fingerprint density at radius 2 is 2.41 bits per heavy atom. The van der Waals surface area contributed by atoms with Crippen LogP contribution in [0.1, 0.15) is 18.2 Å². The molecular formula is C13H20N2O2. The lowest BCUT2D eigenvalue weighted by Gasteiger charge is -2.37. The minimum Gasteiger partial charge on any atom is -0.468 e. The molecule has 2 fully saturated rings. The highest BCUT2D eigenvalue weighted by atomic mass is 16.5. The zero-order chi connectivity index (χ0) is 11.7.